The molecule has 2 heteroatoms. The summed E-state index contributed by atoms with van der Waals surface area (Å²) in [4.78, 5) is 0. The Bertz CT molecular complexity index is 387. The highest BCUT2D eigenvalue weighted by Gasteiger charge is 2.46. The molecule has 0 radical (unpaired) electrons. The van der Waals surface area contributed by atoms with E-state index in [2.05, 4.69) is 27.7 Å². The minimum atomic E-state index is -0.102. The van der Waals surface area contributed by atoms with Gasteiger partial charge in [-0.25, -0.2) is 0 Å². The zero-order chi connectivity index (χ0) is 14.6. The first kappa shape index (κ1) is 15.4. The number of rotatable bonds is 6. The van der Waals surface area contributed by atoms with E-state index in [9.17, 15) is 0 Å². The molecule has 1 heterocycles. The van der Waals surface area contributed by atoms with E-state index in [1.54, 1.807) is 0 Å². The van der Waals surface area contributed by atoms with Gasteiger partial charge in [-0.05, 0) is 43.2 Å². The van der Waals surface area contributed by atoms with Crippen LogP contribution in [0.1, 0.15) is 47.0 Å². The molecule has 0 aliphatic carbocycles. The predicted octanol–water partition coefficient (Wildman–Crippen LogP) is 4.89. The third-order valence-corrected chi connectivity index (χ3v) is 3.99. The lowest BCUT2D eigenvalue weighted by molar-refractivity contribution is -0.110. The Morgan fingerprint density at radius 2 is 1.70 bits per heavy atom. The largest absolute Gasteiger partial charge is 0.464 e. The topological polar surface area (TPSA) is 18.5 Å². The summed E-state index contributed by atoms with van der Waals surface area (Å²) in [5.41, 5.74) is 0.165. The number of benzene rings is 1. The highest BCUT2D eigenvalue weighted by molar-refractivity contribution is 5.21. The van der Waals surface area contributed by atoms with Crippen molar-refractivity contribution in [2.45, 2.75) is 53.2 Å². The van der Waals surface area contributed by atoms with Crippen LogP contribution in [0.15, 0.2) is 30.3 Å². The van der Waals surface area contributed by atoms with Crippen molar-refractivity contribution in [1.29, 1.82) is 0 Å². The van der Waals surface area contributed by atoms with Crippen LogP contribution < -0.4 is 4.74 Å². The molecule has 20 heavy (non-hydrogen) atoms. The van der Waals surface area contributed by atoms with Crippen molar-refractivity contribution in [1.82, 2.24) is 0 Å². The molecule has 112 valence electrons. The van der Waals surface area contributed by atoms with Crippen LogP contribution in [-0.4, -0.2) is 12.9 Å². The van der Waals surface area contributed by atoms with Gasteiger partial charge in [0.05, 0.1) is 6.61 Å². The lowest BCUT2D eigenvalue weighted by atomic mass is 9.72. The maximum absolute atomic E-state index is 6.17. The van der Waals surface area contributed by atoms with Gasteiger partial charge in [0, 0.05) is 5.41 Å². The van der Waals surface area contributed by atoms with Crippen LogP contribution in [0.4, 0.5) is 0 Å². The Hall–Kier alpha value is -1.02. The molecule has 1 aliphatic heterocycles. The zero-order valence-electron chi connectivity index (χ0n) is 13.3. The smallest absolute Gasteiger partial charge is 0.205 e. The van der Waals surface area contributed by atoms with Crippen LogP contribution in [0.25, 0.3) is 0 Å². The molecule has 1 fully saturated rings. The number of para-hydroxylation sites is 1. The molecule has 0 amide bonds. The minimum absolute atomic E-state index is 0.102. The van der Waals surface area contributed by atoms with Crippen LogP contribution in [0.2, 0.25) is 0 Å². The number of hydrogen-bond acceptors (Lipinski definition) is 2. The summed E-state index contributed by atoms with van der Waals surface area (Å²) < 4.78 is 12.1. The normalized spacial score (nSPS) is 21.6. The molecule has 0 spiro atoms. The first-order chi connectivity index (χ1) is 9.52. The van der Waals surface area contributed by atoms with Crippen molar-refractivity contribution in [2.24, 2.45) is 17.3 Å². The van der Waals surface area contributed by atoms with E-state index in [1.165, 1.54) is 12.8 Å². The van der Waals surface area contributed by atoms with Gasteiger partial charge < -0.3 is 9.47 Å². The second kappa shape index (κ2) is 6.62. The fourth-order valence-electron chi connectivity index (χ4n) is 3.55. The lowest BCUT2D eigenvalue weighted by Gasteiger charge is -2.36. The Kier molecular flexibility index (Phi) is 5.09. The van der Waals surface area contributed by atoms with Crippen molar-refractivity contribution in [3.05, 3.63) is 30.3 Å². The van der Waals surface area contributed by atoms with Gasteiger partial charge in [-0.3, -0.25) is 0 Å². The first-order valence-electron chi connectivity index (χ1n) is 7.85. The van der Waals surface area contributed by atoms with Gasteiger partial charge in [0.15, 0.2) is 0 Å². The van der Waals surface area contributed by atoms with E-state index in [0.717, 1.165) is 18.8 Å². The standard InChI is InChI=1S/C18H28O2/c1-14(2)12-18(13-15(3)4)10-11-19-17(18)20-16-8-6-5-7-9-16/h5-9,14-15,17H,10-13H2,1-4H3. The van der Waals surface area contributed by atoms with Gasteiger partial charge in [-0.2, -0.15) is 0 Å². The molecule has 1 atom stereocenters. The lowest BCUT2D eigenvalue weighted by Crippen LogP contribution is -2.38. The summed E-state index contributed by atoms with van der Waals surface area (Å²) in [5, 5.41) is 0. The van der Waals surface area contributed by atoms with Gasteiger partial charge in [-0.1, -0.05) is 45.9 Å². The molecule has 2 nitrogen and oxygen atoms in total. The molecule has 1 saturated heterocycles. The Morgan fingerprint density at radius 3 is 2.25 bits per heavy atom. The number of ether oxygens (including phenoxy) is 2. The predicted molar refractivity (Wildman–Crippen MR) is 82.8 cm³/mol. The average Bonchev–Trinajstić information content (AvgIpc) is 2.71. The van der Waals surface area contributed by atoms with Crippen LogP contribution in [-0.2, 0) is 4.74 Å². The summed E-state index contributed by atoms with van der Waals surface area (Å²) in [6, 6.07) is 10.1. The van der Waals surface area contributed by atoms with Crippen molar-refractivity contribution in [3.63, 3.8) is 0 Å². The van der Waals surface area contributed by atoms with E-state index in [0.29, 0.717) is 11.8 Å². The zero-order valence-corrected chi connectivity index (χ0v) is 13.3. The first-order valence-corrected chi connectivity index (χ1v) is 7.85. The fraction of sp³-hybridized carbons (Fsp3) is 0.667. The van der Waals surface area contributed by atoms with Crippen LogP contribution in [0, 0.1) is 17.3 Å². The maximum atomic E-state index is 6.17. The highest BCUT2D eigenvalue weighted by atomic mass is 16.7. The van der Waals surface area contributed by atoms with E-state index in [-0.39, 0.29) is 11.7 Å². The second-order valence-corrected chi connectivity index (χ2v) is 6.94. The SMILES string of the molecule is CC(C)CC1(CC(C)C)CCOC1Oc1ccccc1. The molecule has 1 aromatic carbocycles. The highest BCUT2D eigenvalue weighted by Crippen LogP contribution is 2.46. The van der Waals surface area contributed by atoms with Crippen LogP contribution in [0.5, 0.6) is 5.75 Å². The molecule has 0 bridgehead atoms. The van der Waals surface area contributed by atoms with Crippen molar-refractivity contribution in [2.75, 3.05) is 6.61 Å². The van der Waals surface area contributed by atoms with E-state index in [1.807, 2.05) is 30.3 Å². The molecule has 0 saturated carbocycles. The average molecular weight is 276 g/mol. The Morgan fingerprint density at radius 1 is 1.10 bits per heavy atom. The van der Waals surface area contributed by atoms with Gasteiger partial charge in [0.25, 0.3) is 0 Å². The van der Waals surface area contributed by atoms with Gasteiger partial charge in [0.2, 0.25) is 6.29 Å². The molecular weight excluding hydrogens is 248 g/mol. The monoisotopic (exact) mass is 276 g/mol. The minimum Gasteiger partial charge on any atom is -0.464 e. The summed E-state index contributed by atoms with van der Waals surface area (Å²) in [7, 11) is 0. The molecule has 0 aromatic heterocycles. The Labute approximate surface area is 123 Å². The number of hydrogen-bond donors (Lipinski definition) is 0. The van der Waals surface area contributed by atoms with Crippen molar-refractivity contribution in [3.8, 4) is 5.75 Å². The van der Waals surface area contributed by atoms with Crippen LogP contribution >= 0.6 is 0 Å². The molecule has 1 aliphatic rings. The van der Waals surface area contributed by atoms with E-state index in [4.69, 9.17) is 9.47 Å². The summed E-state index contributed by atoms with van der Waals surface area (Å²) in [6.07, 6.45) is 3.35. The quantitative estimate of drug-likeness (QED) is 0.736. The molecule has 2 rings (SSSR count). The molecular formula is C18H28O2. The third-order valence-electron chi connectivity index (χ3n) is 3.99. The van der Waals surface area contributed by atoms with Crippen molar-refractivity contribution < 1.29 is 9.47 Å². The maximum Gasteiger partial charge on any atom is 0.205 e. The summed E-state index contributed by atoms with van der Waals surface area (Å²) >= 11 is 0. The summed E-state index contributed by atoms with van der Waals surface area (Å²) in [5.74, 6) is 2.24. The van der Waals surface area contributed by atoms with Crippen molar-refractivity contribution >= 4 is 0 Å². The van der Waals surface area contributed by atoms with Gasteiger partial charge in [-0.15, -0.1) is 0 Å². The molecule has 1 aromatic rings. The second-order valence-electron chi connectivity index (χ2n) is 6.94. The van der Waals surface area contributed by atoms with Crippen LogP contribution in [0.3, 0.4) is 0 Å². The third kappa shape index (κ3) is 3.76. The molecule has 1 unspecified atom stereocenters. The molecule has 0 N–H and O–H groups in total. The Balaban J connectivity index is 2.15. The van der Waals surface area contributed by atoms with Gasteiger partial charge in [0.1, 0.15) is 5.75 Å². The summed E-state index contributed by atoms with van der Waals surface area (Å²) in [6.45, 7) is 9.98. The van der Waals surface area contributed by atoms with Gasteiger partial charge >= 0.3 is 0 Å². The fourth-order valence-corrected chi connectivity index (χ4v) is 3.55. The van der Waals surface area contributed by atoms with E-state index < -0.39 is 0 Å². The van der Waals surface area contributed by atoms with E-state index >= 15 is 0 Å².